The largest absolute Gasteiger partial charge is 0.379 e. The van der Waals surface area contributed by atoms with Gasteiger partial charge in [0.2, 0.25) is 0 Å². The van der Waals surface area contributed by atoms with Gasteiger partial charge in [0.25, 0.3) is 5.71 Å². The quantitative estimate of drug-likeness (QED) is 0.623. The number of rotatable bonds is 6. The molecule has 0 spiro atoms. The number of hydrogen-bond acceptors (Lipinski definition) is 7. The van der Waals surface area contributed by atoms with E-state index in [0.29, 0.717) is 23.9 Å². The first-order chi connectivity index (χ1) is 11.8. The average molecular weight is 360 g/mol. The maximum Gasteiger partial charge on any atom is 0.340 e. The summed E-state index contributed by atoms with van der Waals surface area (Å²) in [6.45, 7) is 3.23. The molecule has 0 aliphatic heterocycles. The van der Waals surface area contributed by atoms with E-state index in [0.717, 1.165) is 5.56 Å². The van der Waals surface area contributed by atoms with E-state index in [-0.39, 0.29) is 22.1 Å². The smallest absolute Gasteiger partial charge is 0.340 e. The Morgan fingerprint density at radius 1 is 1.24 bits per heavy atom. The van der Waals surface area contributed by atoms with Crippen LogP contribution in [0.1, 0.15) is 24.6 Å². The second-order valence-corrected chi connectivity index (χ2v) is 7.22. The maximum atomic E-state index is 12.4. The lowest BCUT2D eigenvalue weighted by Gasteiger charge is -2.07. The minimum Gasteiger partial charge on any atom is -0.379 e. The summed E-state index contributed by atoms with van der Waals surface area (Å²) in [7, 11) is -4.02. The molecule has 0 fully saturated rings. The Morgan fingerprint density at radius 2 is 1.96 bits per heavy atom. The summed E-state index contributed by atoms with van der Waals surface area (Å²) in [5, 5.41) is 4.26. The topological polar surface area (TPSA) is 99.4 Å². The molecule has 3 rings (SSSR count). The van der Waals surface area contributed by atoms with Gasteiger partial charge in [0.15, 0.2) is 0 Å². The first-order valence-electron chi connectivity index (χ1n) is 7.60. The van der Waals surface area contributed by atoms with Crippen molar-refractivity contribution in [2.75, 3.05) is 0 Å². The van der Waals surface area contributed by atoms with Crippen LogP contribution in [0.2, 0.25) is 0 Å². The Kier molecular flexibility index (Phi) is 4.54. The lowest BCUT2D eigenvalue weighted by molar-refractivity contribution is -0.116. The summed E-state index contributed by atoms with van der Waals surface area (Å²) < 4.78 is 35.0. The summed E-state index contributed by atoms with van der Waals surface area (Å²) in [5.74, 6) is 0.295. The van der Waals surface area contributed by atoms with Crippen molar-refractivity contribution in [1.29, 1.82) is 0 Å². The molecule has 7 nitrogen and oxygen atoms in total. The Morgan fingerprint density at radius 3 is 2.64 bits per heavy atom. The van der Waals surface area contributed by atoms with Crippen LogP contribution in [0.3, 0.4) is 0 Å². The van der Waals surface area contributed by atoms with E-state index in [1.807, 2.05) is 0 Å². The van der Waals surface area contributed by atoms with Crippen LogP contribution in [-0.2, 0) is 21.3 Å². The number of nitrogens with zero attached hydrogens (tertiary/aromatic N) is 2. The van der Waals surface area contributed by atoms with Gasteiger partial charge in [-0.2, -0.15) is 8.42 Å². The molecule has 0 unspecified atom stereocenters. The third-order valence-electron chi connectivity index (χ3n) is 3.67. The van der Waals surface area contributed by atoms with Gasteiger partial charge in [-0.25, -0.2) is 4.98 Å². The monoisotopic (exact) mass is 360 g/mol. The van der Waals surface area contributed by atoms with Gasteiger partial charge in [0, 0.05) is 6.42 Å². The van der Waals surface area contributed by atoms with Crippen LogP contribution in [0.15, 0.2) is 45.9 Å². The lowest BCUT2D eigenvalue weighted by atomic mass is 10.1. The summed E-state index contributed by atoms with van der Waals surface area (Å²) in [6, 6.07) is 8.01. The minimum absolute atomic E-state index is 0.0769. The lowest BCUT2D eigenvalue weighted by Crippen LogP contribution is -2.10. The molecule has 1 aromatic carbocycles. The Balaban J connectivity index is 1.80. The molecule has 0 amide bonds. The molecule has 130 valence electrons. The molecule has 0 saturated carbocycles. The normalized spacial score (nSPS) is 11.6. The standard InChI is InChI=1S/C17H16N2O5S/c1-11(20)3-4-13-5-7-14(8-6-13)24-25(21,22)15-9-16-12(2)19-23-17(16)18-10-15/h5-10H,3-4H2,1-2H3. The number of ketones is 1. The maximum absolute atomic E-state index is 12.4. The van der Waals surface area contributed by atoms with Crippen LogP contribution < -0.4 is 4.18 Å². The van der Waals surface area contributed by atoms with Crippen molar-refractivity contribution in [3.8, 4) is 5.75 Å². The van der Waals surface area contributed by atoms with Crippen molar-refractivity contribution in [2.45, 2.75) is 31.6 Å². The van der Waals surface area contributed by atoms with E-state index in [2.05, 4.69) is 10.1 Å². The van der Waals surface area contributed by atoms with Crippen molar-refractivity contribution >= 4 is 27.0 Å². The van der Waals surface area contributed by atoms with E-state index in [9.17, 15) is 13.2 Å². The molecule has 0 bridgehead atoms. The Hall–Kier alpha value is -2.74. The summed E-state index contributed by atoms with van der Waals surface area (Å²) in [6.07, 6.45) is 2.22. The molecule has 3 aromatic rings. The summed E-state index contributed by atoms with van der Waals surface area (Å²) >= 11 is 0. The van der Waals surface area contributed by atoms with Gasteiger partial charge in [0.1, 0.15) is 16.4 Å². The number of fused-ring (bicyclic) bond motifs is 1. The van der Waals surface area contributed by atoms with Crippen molar-refractivity contribution in [2.24, 2.45) is 0 Å². The van der Waals surface area contributed by atoms with Gasteiger partial charge >= 0.3 is 10.1 Å². The fourth-order valence-electron chi connectivity index (χ4n) is 2.27. The zero-order valence-corrected chi connectivity index (χ0v) is 14.5. The number of pyridine rings is 1. The Labute approximate surface area is 144 Å². The molecule has 0 saturated heterocycles. The molecule has 8 heteroatoms. The van der Waals surface area contributed by atoms with Crippen LogP contribution in [0.25, 0.3) is 11.1 Å². The molecule has 2 heterocycles. The van der Waals surface area contributed by atoms with Crippen LogP contribution in [0.5, 0.6) is 5.75 Å². The number of hydrogen-bond donors (Lipinski definition) is 0. The highest BCUT2D eigenvalue weighted by atomic mass is 32.2. The van der Waals surface area contributed by atoms with Gasteiger partial charge < -0.3 is 13.5 Å². The second-order valence-electron chi connectivity index (χ2n) is 5.68. The predicted octanol–water partition coefficient (Wildman–Crippen LogP) is 2.82. The van der Waals surface area contributed by atoms with E-state index in [1.54, 1.807) is 31.2 Å². The molecule has 25 heavy (non-hydrogen) atoms. The van der Waals surface area contributed by atoms with Crippen molar-refractivity contribution in [1.82, 2.24) is 10.1 Å². The second kappa shape index (κ2) is 6.64. The fourth-order valence-corrected chi connectivity index (χ4v) is 3.17. The van der Waals surface area contributed by atoms with Crippen molar-refractivity contribution < 1.29 is 21.9 Å². The number of carbonyl (C=O) groups excluding carboxylic acids is 1. The number of benzene rings is 1. The molecule has 0 atom stereocenters. The summed E-state index contributed by atoms with van der Waals surface area (Å²) in [5.41, 5.74) is 1.75. The highest BCUT2D eigenvalue weighted by molar-refractivity contribution is 7.87. The van der Waals surface area contributed by atoms with E-state index < -0.39 is 10.1 Å². The van der Waals surface area contributed by atoms with Gasteiger partial charge in [-0.3, -0.25) is 0 Å². The molecular formula is C17H16N2O5S. The SMILES string of the molecule is CC(=O)CCc1ccc(OS(=O)(=O)c2cnc3onc(C)c3c2)cc1. The molecular weight excluding hydrogens is 344 g/mol. The Bertz CT molecular complexity index is 1020. The fraction of sp³-hybridized carbons (Fsp3) is 0.235. The number of aromatic nitrogens is 2. The predicted molar refractivity (Wildman–Crippen MR) is 89.8 cm³/mol. The average Bonchev–Trinajstić information content (AvgIpc) is 2.95. The van der Waals surface area contributed by atoms with Crippen molar-refractivity contribution in [3.63, 3.8) is 0 Å². The first kappa shape index (κ1) is 17.1. The first-order valence-corrected chi connectivity index (χ1v) is 9.01. The molecule has 0 aliphatic carbocycles. The third kappa shape index (κ3) is 3.85. The van der Waals surface area contributed by atoms with Gasteiger partial charge in [-0.15, -0.1) is 0 Å². The summed E-state index contributed by atoms with van der Waals surface area (Å²) in [4.78, 5) is 14.9. The zero-order chi connectivity index (χ0) is 18.0. The van der Waals surface area contributed by atoms with Gasteiger partial charge in [0.05, 0.1) is 17.3 Å². The van der Waals surface area contributed by atoms with Crippen LogP contribution in [0, 0.1) is 6.92 Å². The molecule has 0 N–H and O–H groups in total. The molecule has 0 radical (unpaired) electrons. The number of aryl methyl sites for hydroxylation is 2. The van der Waals surface area contributed by atoms with Crippen LogP contribution >= 0.6 is 0 Å². The molecule has 0 aliphatic rings. The van der Waals surface area contributed by atoms with E-state index in [4.69, 9.17) is 8.71 Å². The highest BCUT2D eigenvalue weighted by Gasteiger charge is 2.19. The van der Waals surface area contributed by atoms with E-state index in [1.165, 1.54) is 19.2 Å². The minimum atomic E-state index is -4.02. The molecule has 2 aromatic heterocycles. The van der Waals surface area contributed by atoms with Crippen LogP contribution in [0.4, 0.5) is 0 Å². The number of Topliss-reactive ketones (excluding diaryl/α,β-unsaturated/α-hetero) is 1. The highest BCUT2D eigenvalue weighted by Crippen LogP contribution is 2.23. The van der Waals surface area contributed by atoms with E-state index >= 15 is 0 Å². The van der Waals surface area contributed by atoms with Gasteiger partial charge in [-0.05, 0) is 44.0 Å². The third-order valence-corrected chi connectivity index (χ3v) is 4.88. The zero-order valence-electron chi connectivity index (χ0n) is 13.7. The van der Waals surface area contributed by atoms with Gasteiger partial charge in [-0.1, -0.05) is 17.3 Å². The van der Waals surface area contributed by atoms with Crippen LogP contribution in [-0.4, -0.2) is 24.3 Å². The van der Waals surface area contributed by atoms with Crippen molar-refractivity contribution in [3.05, 3.63) is 47.8 Å². The number of carbonyl (C=O) groups is 1.